The molecule has 124 valence electrons. The number of aryl methyl sites for hydroxylation is 1. The van der Waals surface area contributed by atoms with Crippen molar-refractivity contribution in [3.63, 3.8) is 0 Å². The normalized spacial score (nSPS) is 10.8. The van der Waals surface area contributed by atoms with Crippen molar-refractivity contribution in [1.82, 2.24) is 14.5 Å². The van der Waals surface area contributed by atoms with Crippen molar-refractivity contribution in [3.05, 3.63) is 64.5 Å². The summed E-state index contributed by atoms with van der Waals surface area (Å²) in [6.07, 6.45) is 5.60. The van der Waals surface area contributed by atoms with E-state index in [1.807, 2.05) is 23.2 Å². The Morgan fingerprint density at radius 1 is 1.21 bits per heavy atom. The summed E-state index contributed by atoms with van der Waals surface area (Å²) < 4.78 is 3.03. The quantitative estimate of drug-likeness (QED) is 0.579. The van der Waals surface area contributed by atoms with Gasteiger partial charge in [0.05, 0.1) is 0 Å². The van der Waals surface area contributed by atoms with E-state index in [1.54, 1.807) is 11.8 Å². The molecule has 3 rings (SSSR count). The Balaban J connectivity index is 1.85. The first-order valence-electron chi connectivity index (χ1n) is 7.60. The number of aromatic nitrogens is 3. The fraction of sp³-hybridized carbons (Fsp3) is 0.222. The van der Waals surface area contributed by atoms with Gasteiger partial charge >= 0.3 is 0 Å². The summed E-state index contributed by atoms with van der Waals surface area (Å²) >= 11 is 5.18. The van der Waals surface area contributed by atoms with Crippen molar-refractivity contribution in [2.24, 2.45) is 0 Å². The van der Waals surface area contributed by atoms with Gasteiger partial charge < -0.3 is 4.90 Å². The number of rotatable bonds is 5. The zero-order valence-corrected chi connectivity index (χ0v) is 16.3. The predicted molar refractivity (Wildman–Crippen MR) is 104 cm³/mol. The van der Waals surface area contributed by atoms with Crippen LogP contribution in [0.1, 0.15) is 11.1 Å². The van der Waals surface area contributed by atoms with Crippen LogP contribution >= 0.6 is 27.7 Å². The van der Waals surface area contributed by atoms with Crippen LogP contribution in [0.15, 0.2) is 58.6 Å². The number of pyridine rings is 1. The molecule has 0 unspecified atom stereocenters. The highest BCUT2D eigenvalue weighted by atomic mass is 79.9. The standard InChI is InChI=1S/C18H19BrN4S/c1-13-10-15(19)11-21-17(13)23-9-8-20-18(23)24-12-14-6-4-5-7-16(14)22(2)3/h4-11H,12H2,1-3H3. The van der Waals surface area contributed by atoms with E-state index >= 15 is 0 Å². The van der Waals surface area contributed by atoms with E-state index in [4.69, 9.17) is 0 Å². The van der Waals surface area contributed by atoms with Crippen LogP contribution in [0, 0.1) is 6.92 Å². The van der Waals surface area contributed by atoms with Crippen LogP contribution in [0.2, 0.25) is 0 Å². The number of para-hydroxylation sites is 1. The van der Waals surface area contributed by atoms with E-state index < -0.39 is 0 Å². The van der Waals surface area contributed by atoms with Crippen molar-refractivity contribution in [2.45, 2.75) is 17.8 Å². The molecule has 0 saturated carbocycles. The summed E-state index contributed by atoms with van der Waals surface area (Å²) in [7, 11) is 4.14. The van der Waals surface area contributed by atoms with E-state index in [9.17, 15) is 0 Å². The molecule has 3 aromatic rings. The fourth-order valence-corrected chi connectivity index (χ4v) is 3.95. The average Bonchev–Trinajstić information content (AvgIpc) is 3.01. The molecular weight excluding hydrogens is 384 g/mol. The Bertz CT molecular complexity index is 845. The summed E-state index contributed by atoms with van der Waals surface area (Å²) in [5.74, 6) is 1.78. The molecule has 0 atom stereocenters. The molecule has 6 heteroatoms. The van der Waals surface area contributed by atoms with Gasteiger partial charge in [-0.25, -0.2) is 9.97 Å². The Labute approximate surface area is 155 Å². The van der Waals surface area contributed by atoms with E-state index in [2.05, 4.69) is 82.1 Å². The van der Waals surface area contributed by atoms with Crippen molar-refractivity contribution in [3.8, 4) is 5.82 Å². The first-order chi connectivity index (χ1) is 11.6. The number of hydrogen-bond acceptors (Lipinski definition) is 4. The van der Waals surface area contributed by atoms with Crippen LogP contribution < -0.4 is 4.90 Å². The maximum absolute atomic E-state index is 4.54. The molecule has 24 heavy (non-hydrogen) atoms. The molecule has 1 aromatic carbocycles. The highest BCUT2D eigenvalue weighted by Gasteiger charge is 2.11. The largest absolute Gasteiger partial charge is 0.377 e. The molecule has 0 radical (unpaired) electrons. The third-order valence-corrected chi connectivity index (χ3v) is 5.13. The lowest BCUT2D eigenvalue weighted by atomic mass is 10.2. The second kappa shape index (κ2) is 7.40. The zero-order chi connectivity index (χ0) is 17.1. The molecule has 0 N–H and O–H groups in total. The van der Waals surface area contributed by atoms with Gasteiger partial charge in [0.2, 0.25) is 0 Å². The summed E-state index contributed by atoms with van der Waals surface area (Å²) in [5, 5.41) is 0.946. The van der Waals surface area contributed by atoms with Crippen LogP contribution in [0.3, 0.4) is 0 Å². The maximum Gasteiger partial charge on any atom is 0.174 e. The van der Waals surface area contributed by atoms with Gasteiger partial charge in [-0.3, -0.25) is 4.57 Å². The molecule has 0 fully saturated rings. The van der Waals surface area contributed by atoms with Crippen LogP contribution in [0.4, 0.5) is 5.69 Å². The van der Waals surface area contributed by atoms with Gasteiger partial charge in [0.15, 0.2) is 5.16 Å². The molecular formula is C18H19BrN4S. The van der Waals surface area contributed by atoms with Crippen molar-refractivity contribution in [2.75, 3.05) is 19.0 Å². The van der Waals surface area contributed by atoms with Gasteiger partial charge in [0, 0.05) is 48.6 Å². The molecule has 0 aliphatic rings. The summed E-state index contributed by atoms with van der Waals surface area (Å²) in [6, 6.07) is 10.5. The van der Waals surface area contributed by atoms with E-state index in [0.29, 0.717) is 0 Å². The highest BCUT2D eigenvalue weighted by Crippen LogP contribution is 2.29. The maximum atomic E-state index is 4.54. The minimum absolute atomic E-state index is 0.862. The number of halogens is 1. The molecule has 0 bridgehead atoms. The minimum atomic E-state index is 0.862. The van der Waals surface area contributed by atoms with Crippen LogP contribution in [0.5, 0.6) is 0 Å². The molecule has 0 aliphatic carbocycles. The number of anilines is 1. The Hall–Kier alpha value is -1.79. The second-order valence-corrected chi connectivity index (χ2v) is 7.54. The van der Waals surface area contributed by atoms with Crippen LogP contribution in [0.25, 0.3) is 5.82 Å². The Morgan fingerprint density at radius 2 is 2.00 bits per heavy atom. The molecule has 2 heterocycles. The fourth-order valence-electron chi connectivity index (χ4n) is 2.55. The number of hydrogen-bond donors (Lipinski definition) is 0. The van der Waals surface area contributed by atoms with E-state index in [1.165, 1.54) is 11.3 Å². The number of thioether (sulfide) groups is 1. The van der Waals surface area contributed by atoms with Gasteiger partial charge in [-0.2, -0.15) is 0 Å². The summed E-state index contributed by atoms with van der Waals surface area (Å²) in [6.45, 7) is 2.06. The van der Waals surface area contributed by atoms with Crippen molar-refractivity contribution < 1.29 is 0 Å². The molecule has 0 saturated heterocycles. The second-order valence-electron chi connectivity index (χ2n) is 5.69. The van der Waals surface area contributed by atoms with E-state index in [-0.39, 0.29) is 0 Å². The Morgan fingerprint density at radius 3 is 2.75 bits per heavy atom. The van der Waals surface area contributed by atoms with Crippen molar-refractivity contribution >= 4 is 33.4 Å². The summed E-state index contributed by atoms with van der Waals surface area (Å²) in [4.78, 5) is 11.2. The Kier molecular flexibility index (Phi) is 5.26. The number of benzene rings is 1. The first kappa shape index (κ1) is 17.0. The highest BCUT2D eigenvalue weighted by molar-refractivity contribution is 9.10. The SMILES string of the molecule is Cc1cc(Br)cnc1-n1ccnc1SCc1ccccc1N(C)C. The first-order valence-corrected chi connectivity index (χ1v) is 9.38. The van der Waals surface area contributed by atoms with E-state index in [0.717, 1.165) is 26.8 Å². The minimum Gasteiger partial charge on any atom is -0.377 e. The van der Waals surface area contributed by atoms with Gasteiger partial charge in [-0.05, 0) is 46.1 Å². The lowest BCUT2D eigenvalue weighted by molar-refractivity contribution is 0.853. The molecule has 0 spiro atoms. The van der Waals surface area contributed by atoms with Gasteiger partial charge in [0.1, 0.15) is 5.82 Å². The van der Waals surface area contributed by atoms with Crippen molar-refractivity contribution in [1.29, 1.82) is 0 Å². The summed E-state index contributed by atoms with van der Waals surface area (Å²) in [5.41, 5.74) is 3.64. The lowest BCUT2D eigenvalue weighted by Crippen LogP contribution is -2.10. The molecule has 0 aliphatic heterocycles. The smallest absolute Gasteiger partial charge is 0.174 e. The molecule has 2 aromatic heterocycles. The average molecular weight is 403 g/mol. The zero-order valence-electron chi connectivity index (χ0n) is 13.9. The van der Waals surface area contributed by atoms with Gasteiger partial charge in [-0.1, -0.05) is 30.0 Å². The monoisotopic (exact) mass is 402 g/mol. The topological polar surface area (TPSA) is 34.0 Å². The van der Waals surface area contributed by atoms with Gasteiger partial charge in [-0.15, -0.1) is 0 Å². The van der Waals surface area contributed by atoms with Gasteiger partial charge in [0.25, 0.3) is 0 Å². The van der Waals surface area contributed by atoms with Crippen LogP contribution in [-0.4, -0.2) is 28.6 Å². The number of imidazole rings is 1. The third-order valence-electron chi connectivity index (χ3n) is 3.68. The molecule has 4 nitrogen and oxygen atoms in total. The van der Waals surface area contributed by atoms with Crippen LogP contribution in [-0.2, 0) is 5.75 Å². The molecule has 0 amide bonds. The predicted octanol–water partition coefficient (Wildman–Crippen LogP) is 4.70. The third kappa shape index (κ3) is 3.65. The lowest BCUT2D eigenvalue weighted by Gasteiger charge is -2.17. The number of nitrogens with zero attached hydrogens (tertiary/aromatic N) is 4.